The second kappa shape index (κ2) is 6.10. The molecule has 1 heterocycles. The topological polar surface area (TPSA) is 30.0 Å². The lowest BCUT2D eigenvalue weighted by atomic mass is 10.0. The zero-order valence-corrected chi connectivity index (χ0v) is 10.6. The lowest BCUT2D eigenvalue weighted by Gasteiger charge is -2.03. The van der Waals surface area contributed by atoms with Gasteiger partial charge in [0.15, 0.2) is 0 Å². The number of nitrogens with zero attached hydrogens (tertiary/aromatic N) is 1. The van der Waals surface area contributed by atoms with Crippen molar-refractivity contribution in [2.75, 3.05) is 0 Å². The van der Waals surface area contributed by atoms with Gasteiger partial charge in [-0.2, -0.15) is 0 Å². The lowest BCUT2D eigenvalue weighted by molar-refractivity contribution is -0.117. The maximum Gasteiger partial charge on any atom is 0.141 e. The molecule has 0 saturated carbocycles. The molecule has 0 aliphatic heterocycles. The SMILES string of the molecule is CCc1ccc(CC(=O)Cc2ccncc2)cc1. The van der Waals surface area contributed by atoms with E-state index in [1.807, 2.05) is 24.3 Å². The Kier molecular flexibility index (Phi) is 4.24. The van der Waals surface area contributed by atoms with Gasteiger partial charge in [-0.1, -0.05) is 31.2 Å². The molecule has 2 heteroatoms. The van der Waals surface area contributed by atoms with Crippen molar-refractivity contribution in [1.82, 2.24) is 4.98 Å². The molecule has 18 heavy (non-hydrogen) atoms. The Labute approximate surface area is 108 Å². The van der Waals surface area contributed by atoms with Gasteiger partial charge in [0.2, 0.25) is 0 Å². The molecule has 1 aromatic heterocycles. The predicted molar refractivity (Wildman–Crippen MR) is 72.5 cm³/mol. The predicted octanol–water partition coefficient (Wildman–Crippen LogP) is 3.00. The van der Waals surface area contributed by atoms with Crippen molar-refractivity contribution in [1.29, 1.82) is 0 Å². The molecule has 0 aliphatic rings. The van der Waals surface area contributed by atoms with Gasteiger partial charge in [0, 0.05) is 25.2 Å². The summed E-state index contributed by atoms with van der Waals surface area (Å²) in [6, 6.07) is 12.0. The van der Waals surface area contributed by atoms with E-state index in [-0.39, 0.29) is 5.78 Å². The highest BCUT2D eigenvalue weighted by molar-refractivity contribution is 5.83. The van der Waals surface area contributed by atoms with E-state index in [0.717, 1.165) is 17.5 Å². The van der Waals surface area contributed by atoms with E-state index >= 15 is 0 Å². The van der Waals surface area contributed by atoms with Crippen LogP contribution in [0, 0.1) is 0 Å². The van der Waals surface area contributed by atoms with Crippen LogP contribution in [0.2, 0.25) is 0 Å². The van der Waals surface area contributed by atoms with Gasteiger partial charge in [-0.05, 0) is 35.2 Å². The van der Waals surface area contributed by atoms with Crippen LogP contribution < -0.4 is 0 Å². The van der Waals surface area contributed by atoms with Crippen molar-refractivity contribution >= 4 is 5.78 Å². The zero-order valence-electron chi connectivity index (χ0n) is 10.6. The molecule has 2 rings (SSSR count). The van der Waals surface area contributed by atoms with Gasteiger partial charge in [0.1, 0.15) is 5.78 Å². The molecule has 0 bridgehead atoms. The van der Waals surface area contributed by atoms with Crippen molar-refractivity contribution < 1.29 is 4.79 Å². The van der Waals surface area contributed by atoms with Crippen LogP contribution in [0.3, 0.4) is 0 Å². The molecule has 0 unspecified atom stereocenters. The quantitative estimate of drug-likeness (QED) is 0.802. The second-order valence-electron chi connectivity index (χ2n) is 4.42. The van der Waals surface area contributed by atoms with Gasteiger partial charge in [-0.25, -0.2) is 0 Å². The summed E-state index contributed by atoms with van der Waals surface area (Å²) in [5, 5.41) is 0. The Bertz CT molecular complexity index is 502. The van der Waals surface area contributed by atoms with Crippen molar-refractivity contribution in [3.63, 3.8) is 0 Å². The van der Waals surface area contributed by atoms with Crippen LogP contribution in [0.5, 0.6) is 0 Å². The largest absolute Gasteiger partial charge is 0.299 e. The monoisotopic (exact) mass is 239 g/mol. The normalized spacial score (nSPS) is 10.3. The van der Waals surface area contributed by atoms with E-state index in [4.69, 9.17) is 0 Å². The minimum Gasteiger partial charge on any atom is -0.299 e. The van der Waals surface area contributed by atoms with Gasteiger partial charge in [-0.15, -0.1) is 0 Å². The highest BCUT2D eigenvalue weighted by Crippen LogP contribution is 2.08. The van der Waals surface area contributed by atoms with Gasteiger partial charge >= 0.3 is 0 Å². The minimum absolute atomic E-state index is 0.241. The number of hydrogen-bond donors (Lipinski definition) is 0. The van der Waals surface area contributed by atoms with E-state index in [2.05, 4.69) is 24.0 Å². The van der Waals surface area contributed by atoms with Crippen molar-refractivity contribution in [3.05, 3.63) is 65.5 Å². The summed E-state index contributed by atoms with van der Waals surface area (Å²) in [5.74, 6) is 0.241. The third kappa shape index (κ3) is 3.52. The number of carbonyl (C=O) groups excluding carboxylic acids is 1. The number of carbonyl (C=O) groups is 1. The maximum absolute atomic E-state index is 11.9. The lowest BCUT2D eigenvalue weighted by Crippen LogP contribution is -2.06. The van der Waals surface area contributed by atoms with Crippen LogP contribution in [-0.4, -0.2) is 10.8 Å². The summed E-state index contributed by atoms with van der Waals surface area (Å²) in [6.07, 6.45) is 5.47. The van der Waals surface area contributed by atoms with Gasteiger partial charge < -0.3 is 0 Å². The fraction of sp³-hybridized carbons (Fsp3) is 0.250. The fourth-order valence-corrected chi connectivity index (χ4v) is 1.91. The van der Waals surface area contributed by atoms with Gasteiger partial charge in [-0.3, -0.25) is 9.78 Å². The van der Waals surface area contributed by atoms with Gasteiger partial charge in [0.05, 0.1) is 0 Å². The van der Waals surface area contributed by atoms with Gasteiger partial charge in [0.25, 0.3) is 0 Å². The first kappa shape index (κ1) is 12.5. The smallest absolute Gasteiger partial charge is 0.141 e. The van der Waals surface area contributed by atoms with Crippen LogP contribution in [-0.2, 0) is 24.1 Å². The third-order valence-electron chi connectivity index (χ3n) is 2.98. The Morgan fingerprint density at radius 1 is 0.889 bits per heavy atom. The first-order chi connectivity index (χ1) is 8.78. The summed E-state index contributed by atoms with van der Waals surface area (Å²) < 4.78 is 0. The number of aromatic nitrogens is 1. The zero-order chi connectivity index (χ0) is 12.8. The molecule has 0 amide bonds. The van der Waals surface area contributed by atoms with E-state index < -0.39 is 0 Å². The summed E-state index contributed by atoms with van der Waals surface area (Å²) in [6.45, 7) is 2.13. The summed E-state index contributed by atoms with van der Waals surface area (Å²) in [5.41, 5.74) is 3.42. The van der Waals surface area contributed by atoms with Crippen molar-refractivity contribution in [2.24, 2.45) is 0 Å². The molecule has 2 nitrogen and oxygen atoms in total. The minimum atomic E-state index is 0.241. The Hall–Kier alpha value is -1.96. The van der Waals surface area contributed by atoms with Crippen LogP contribution in [0.4, 0.5) is 0 Å². The maximum atomic E-state index is 11.9. The molecular formula is C16H17NO. The molecule has 0 aliphatic carbocycles. The van der Waals surface area contributed by atoms with E-state index in [0.29, 0.717) is 12.8 Å². The van der Waals surface area contributed by atoms with Crippen LogP contribution in [0.15, 0.2) is 48.8 Å². The number of aryl methyl sites for hydroxylation is 1. The number of hydrogen-bond acceptors (Lipinski definition) is 2. The molecule has 2 aromatic rings. The highest BCUT2D eigenvalue weighted by atomic mass is 16.1. The molecule has 0 fully saturated rings. The molecule has 0 saturated heterocycles. The molecule has 0 radical (unpaired) electrons. The third-order valence-corrected chi connectivity index (χ3v) is 2.98. The highest BCUT2D eigenvalue weighted by Gasteiger charge is 2.05. The molecule has 1 aromatic carbocycles. The average Bonchev–Trinajstić information content (AvgIpc) is 2.40. The number of Topliss-reactive ketones (excluding diaryl/α,β-unsaturated/α-hetero) is 1. The Balaban J connectivity index is 1.94. The van der Waals surface area contributed by atoms with Crippen LogP contribution in [0.25, 0.3) is 0 Å². The molecule has 0 spiro atoms. The first-order valence-electron chi connectivity index (χ1n) is 6.26. The molecule has 0 atom stereocenters. The van der Waals surface area contributed by atoms with E-state index in [1.165, 1.54) is 5.56 Å². The summed E-state index contributed by atoms with van der Waals surface area (Å²) in [4.78, 5) is 15.9. The fourth-order valence-electron chi connectivity index (χ4n) is 1.91. The summed E-state index contributed by atoms with van der Waals surface area (Å²) in [7, 11) is 0. The van der Waals surface area contributed by atoms with E-state index in [9.17, 15) is 4.79 Å². The average molecular weight is 239 g/mol. The van der Waals surface area contributed by atoms with Crippen LogP contribution in [0.1, 0.15) is 23.6 Å². The van der Waals surface area contributed by atoms with E-state index in [1.54, 1.807) is 12.4 Å². The second-order valence-corrected chi connectivity index (χ2v) is 4.42. The first-order valence-corrected chi connectivity index (χ1v) is 6.26. The number of pyridine rings is 1. The summed E-state index contributed by atoms with van der Waals surface area (Å²) >= 11 is 0. The Morgan fingerprint density at radius 2 is 1.39 bits per heavy atom. The number of ketones is 1. The molecule has 0 N–H and O–H groups in total. The number of rotatable bonds is 5. The standard InChI is InChI=1S/C16H17NO/c1-2-13-3-5-14(6-4-13)11-16(18)12-15-7-9-17-10-8-15/h3-10H,2,11-12H2,1H3. The number of benzene rings is 1. The molecular weight excluding hydrogens is 222 g/mol. The van der Waals surface area contributed by atoms with Crippen molar-refractivity contribution in [3.8, 4) is 0 Å². The Morgan fingerprint density at radius 3 is 1.94 bits per heavy atom. The van der Waals surface area contributed by atoms with Crippen molar-refractivity contribution in [2.45, 2.75) is 26.2 Å². The molecule has 92 valence electrons. The van der Waals surface area contributed by atoms with Crippen LogP contribution >= 0.6 is 0 Å².